The van der Waals surface area contributed by atoms with Gasteiger partial charge in [-0.15, -0.1) is 0 Å². The molecule has 0 aliphatic heterocycles. The Morgan fingerprint density at radius 2 is 1.69 bits per heavy atom. The number of pyridine rings is 1. The first kappa shape index (κ1) is 50.5. The van der Waals surface area contributed by atoms with Gasteiger partial charge < -0.3 is 29.0 Å². The molecule has 0 radical (unpaired) electrons. The van der Waals surface area contributed by atoms with Crippen LogP contribution in [0.3, 0.4) is 0 Å². The van der Waals surface area contributed by atoms with Gasteiger partial charge in [0.25, 0.3) is 0 Å². The van der Waals surface area contributed by atoms with E-state index >= 15 is 0 Å². The Hall–Kier alpha value is -5.34. The van der Waals surface area contributed by atoms with Gasteiger partial charge in [0, 0.05) is 48.2 Å². The minimum absolute atomic E-state index is 0.0274. The van der Waals surface area contributed by atoms with Crippen molar-refractivity contribution in [2.24, 2.45) is 11.8 Å². The molecule has 1 spiro atoms. The van der Waals surface area contributed by atoms with Crippen molar-refractivity contribution in [1.29, 1.82) is 0 Å². The van der Waals surface area contributed by atoms with Crippen LogP contribution in [0.15, 0.2) is 79.0 Å². The molecule has 4 aromatic rings. The van der Waals surface area contributed by atoms with Crippen LogP contribution in [0.2, 0.25) is 5.02 Å². The first-order valence-corrected chi connectivity index (χ1v) is 24.1. The number of nitrogens with one attached hydrogen (secondary N) is 1. The van der Waals surface area contributed by atoms with Crippen LogP contribution in [0.25, 0.3) is 0 Å². The monoisotopic (exact) mass is 961 g/mol. The van der Waals surface area contributed by atoms with Crippen molar-refractivity contribution in [3.8, 4) is 17.2 Å². The van der Waals surface area contributed by atoms with Gasteiger partial charge in [0.05, 0.1) is 26.9 Å². The first-order chi connectivity index (χ1) is 32.7. The maximum absolute atomic E-state index is 14.5. The van der Waals surface area contributed by atoms with E-state index in [1.165, 1.54) is 29.8 Å². The molecule has 1 saturated carbocycles. The number of ether oxygens (including phenoxy) is 5. The predicted octanol–water partition coefficient (Wildman–Crippen LogP) is 10.3. The number of amides is 2. The molecular formula is C53H63ClF3N3O8. The summed E-state index contributed by atoms with van der Waals surface area (Å²) in [7, 11) is 2.76. The van der Waals surface area contributed by atoms with Gasteiger partial charge >= 0.3 is 18.1 Å². The second-order valence-electron chi connectivity index (χ2n) is 18.7. The Kier molecular flexibility index (Phi) is 16.6. The number of halogens is 4. The summed E-state index contributed by atoms with van der Waals surface area (Å²) in [5.74, 6) is -0.486. The van der Waals surface area contributed by atoms with E-state index in [0.717, 1.165) is 66.7 Å². The van der Waals surface area contributed by atoms with Crippen molar-refractivity contribution in [3.05, 3.63) is 112 Å². The third-order valence-corrected chi connectivity index (χ3v) is 14.4. The van der Waals surface area contributed by atoms with Crippen molar-refractivity contribution >= 4 is 35.1 Å². The van der Waals surface area contributed by atoms with Crippen molar-refractivity contribution in [3.63, 3.8) is 0 Å². The molecule has 2 amide bonds. The quantitative estimate of drug-likeness (QED) is 0.0681. The number of aromatic nitrogens is 1. The van der Waals surface area contributed by atoms with Gasteiger partial charge in [-0.25, -0.2) is 4.79 Å². The molecule has 1 aromatic heterocycles. The van der Waals surface area contributed by atoms with E-state index in [1.807, 2.05) is 48.7 Å². The summed E-state index contributed by atoms with van der Waals surface area (Å²) in [4.78, 5) is 45.5. The highest BCUT2D eigenvalue weighted by Gasteiger charge is 2.60. The summed E-state index contributed by atoms with van der Waals surface area (Å²) >= 11 is 6.28. The zero-order valence-corrected chi connectivity index (χ0v) is 40.2. The predicted molar refractivity (Wildman–Crippen MR) is 254 cm³/mol. The number of carbonyl (C=O) groups excluding carboxylic acids is 3. The fraction of sp³-hybridized carbons (Fsp3) is 0.509. The van der Waals surface area contributed by atoms with Crippen LogP contribution >= 0.6 is 11.6 Å². The normalized spacial score (nSPS) is 21.3. The summed E-state index contributed by atoms with van der Waals surface area (Å²) in [5, 5.41) is 3.11. The molecule has 1 fully saturated rings. The first-order valence-electron chi connectivity index (χ1n) is 23.8. The number of hydrogen-bond acceptors (Lipinski definition) is 9. The Morgan fingerprint density at radius 1 is 0.926 bits per heavy atom. The number of rotatable bonds is 20. The summed E-state index contributed by atoms with van der Waals surface area (Å²) in [5.41, 5.74) is 2.74. The molecule has 1 N–H and O–H groups in total. The number of esters is 1. The highest BCUT2D eigenvalue weighted by molar-refractivity contribution is 6.31. The van der Waals surface area contributed by atoms with Gasteiger partial charge in [-0.05, 0) is 159 Å². The molecule has 3 aromatic carbocycles. The van der Waals surface area contributed by atoms with E-state index in [0.29, 0.717) is 75.0 Å². The maximum Gasteiger partial charge on any atom is 0.471 e. The lowest BCUT2D eigenvalue weighted by Crippen LogP contribution is -2.63. The third-order valence-electron chi connectivity index (χ3n) is 14.1. The molecule has 0 unspecified atom stereocenters. The van der Waals surface area contributed by atoms with Crippen molar-refractivity contribution in [1.82, 2.24) is 10.3 Å². The lowest BCUT2D eigenvalue weighted by atomic mass is 9.59. The van der Waals surface area contributed by atoms with Crippen LogP contribution in [0.1, 0.15) is 106 Å². The van der Waals surface area contributed by atoms with Crippen molar-refractivity contribution in [2.75, 3.05) is 52.1 Å². The number of anilines is 1. The number of benzene rings is 3. The number of methoxy groups -OCH3 is 2. The maximum atomic E-state index is 14.5. The molecule has 0 saturated heterocycles. The van der Waals surface area contributed by atoms with Crippen molar-refractivity contribution in [2.45, 2.75) is 114 Å². The van der Waals surface area contributed by atoms with Crippen LogP contribution < -0.4 is 24.4 Å². The number of alkyl halides is 3. The number of aryl methyl sites for hydroxylation is 1. The number of fused-ring (bicyclic) bond motifs is 3. The van der Waals surface area contributed by atoms with Gasteiger partial charge in [-0.2, -0.15) is 13.2 Å². The number of carbonyl (C=O) groups is 3. The number of nitrogens with zero attached hydrogens (tertiary/aromatic N) is 2. The molecule has 3 aliphatic carbocycles. The average Bonchev–Trinajstić information content (AvgIpc) is 3.60. The molecule has 11 nitrogen and oxygen atoms in total. The second-order valence-corrected chi connectivity index (χ2v) is 19.1. The summed E-state index contributed by atoms with van der Waals surface area (Å²) < 4.78 is 72.5. The van der Waals surface area contributed by atoms with Crippen LogP contribution in [0.5, 0.6) is 17.2 Å². The van der Waals surface area contributed by atoms with Gasteiger partial charge in [-0.3, -0.25) is 19.5 Å². The van der Waals surface area contributed by atoms with E-state index in [-0.39, 0.29) is 54.3 Å². The van der Waals surface area contributed by atoms with Crippen LogP contribution in [0, 0.1) is 11.8 Å². The summed E-state index contributed by atoms with van der Waals surface area (Å²) in [6.07, 6.45) is 2.86. The average molecular weight is 963 g/mol. The van der Waals surface area contributed by atoms with Crippen LogP contribution in [0.4, 0.5) is 18.9 Å². The molecule has 366 valence electrons. The molecule has 3 aliphatic rings. The number of hydrogen-bond donors (Lipinski definition) is 1. The second kappa shape index (κ2) is 22.4. The highest BCUT2D eigenvalue weighted by Crippen LogP contribution is 2.58. The fourth-order valence-corrected chi connectivity index (χ4v) is 11.0. The highest BCUT2D eigenvalue weighted by atomic mass is 35.5. The zero-order valence-electron chi connectivity index (χ0n) is 39.4. The molecule has 68 heavy (non-hydrogen) atoms. The van der Waals surface area contributed by atoms with Gasteiger partial charge in [0.1, 0.15) is 29.4 Å². The van der Waals surface area contributed by atoms with Gasteiger partial charge in [0.2, 0.25) is 5.91 Å². The third kappa shape index (κ3) is 11.6. The minimum Gasteiger partial charge on any atom is -0.494 e. The Balaban J connectivity index is 1.07. The van der Waals surface area contributed by atoms with E-state index in [2.05, 4.69) is 30.2 Å². The van der Waals surface area contributed by atoms with E-state index in [4.69, 9.17) is 35.3 Å². The SMILES string of the molecule is COCCOc1cccc(CCNC(=O)CCCOc2ccc3c(c2)C2(CCC(C(=O)OC)(N(C(=O)C(F)(F)F)c4cccc(Cl)c4)CC2)[C@@H](C[C@@H](C)COc2ccnc4c2[C@H](C)CCC4)C3)c1. The summed E-state index contributed by atoms with van der Waals surface area (Å²) in [6.45, 7) is 6.53. The van der Waals surface area contributed by atoms with Crippen LogP contribution in [-0.4, -0.2) is 81.7 Å². The standard InChI is InChI=1S/C53H63ClF3N3O8/c1-35(34-68-46-19-25-58-45-14-5-9-36(2)48(45)46)29-39-31-38-16-17-43(66-26-8-15-47(61)59-24-18-37-10-6-13-42(30-37)67-28-27-64-3)33-44(38)51(39)20-22-52(23-21-51,50(63)65-4)60(49(62)53(55,56)57)41-12-7-11-40(54)32-41/h6-7,10-13,16-17,19,25,30,32-33,35-36,39H,5,8-9,14-15,18,20-24,26-29,31,34H2,1-4H3,(H,59,61)/t35-,36-,39+,51?,52?/m1/s1. The molecule has 15 heteroatoms. The smallest absolute Gasteiger partial charge is 0.471 e. The van der Waals surface area contributed by atoms with Crippen LogP contribution in [-0.2, 0) is 48.5 Å². The Bertz CT molecular complexity index is 2390. The van der Waals surface area contributed by atoms with Gasteiger partial charge in [-0.1, -0.05) is 49.7 Å². The Morgan fingerprint density at radius 3 is 2.44 bits per heavy atom. The lowest BCUT2D eigenvalue weighted by Gasteiger charge is -2.51. The lowest BCUT2D eigenvalue weighted by molar-refractivity contribution is -0.174. The topological polar surface area (TPSA) is 126 Å². The fourth-order valence-electron chi connectivity index (χ4n) is 10.8. The molecule has 3 atom stereocenters. The molecular weight excluding hydrogens is 899 g/mol. The largest absolute Gasteiger partial charge is 0.494 e. The van der Waals surface area contributed by atoms with Crippen molar-refractivity contribution < 1.29 is 51.2 Å². The zero-order chi connectivity index (χ0) is 48.5. The molecule has 7 rings (SSSR count). The van der Waals surface area contributed by atoms with Gasteiger partial charge in [0.15, 0.2) is 0 Å². The minimum atomic E-state index is -5.29. The van der Waals surface area contributed by atoms with E-state index in [9.17, 15) is 27.6 Å². The molecule has 1 heterocycles. The molecule has 0 bridgehead atoms. The van der Waals surface area contributed by atoms with E-state index in [1.54, 1.807) is 7.11 Å². The summed E-state index contributed by atoms with van der Waals surface area (Å²) in [6, 6.07) is 21.3. The Labute approximate surface area is 402 Å². The van der Waals surface area contributed by atoms with E-state index < -0.39 is 29.0 Å².